The quantitative estimate of drug-likeness (QED) is 0.838. The maximum Gasteiger partial charge on any atom is 0.251 e. The number of hydrogen-bond acceptors (Lipinski definition) is 3. The Bertz CT molecular complexity index is 615. The third-order valence-corrected chi connectivity index (χ3v) is 4.45. The lowest BCUT2D eigenvalue weighted by molar-refractivity contribution is 0.0937. The molecule has 0 saturated heterocycles. The lowest BCUT2D eigenvalue weighted by atomic mass is 10.0. The van der Waals surface area contributed by atoms with E-state index in [2.05, 4.69) is 19.2 Å². The van der Waals surface area contributed by atoms with Gasteiger partial charge in [-0.1, -0.05) is 25.4 Å². The van der Waals surface area contributed by atoms with Gasteiger partial charge < -0.3 is 5.32 Å². The minimum Gasteiger partial charge on any atom is -0.350 e. The molecule has 0 aliphatic carbocycles. The molecule has 21 heavy (non-hydrogen) atoms. The lowest BCUT2D eigenvalue weighted by Crippen LogP contribution is -2.32. The Labute approximate surface area is 130 Å². The maximum absolute atomic E-state index is 12.1. The lowest BCUT2D eigenvalue weighted by Gasteiger charge is -2.15. The molecule has 0 fully saturated rings. The smallest absolute Gasteiger partial charge is 0.251 e. The molecule has 0 bridgehead atoms. The highest BCUT2D eigenvalue weighted by molar-refractivity contribution is 7.89. The van der Waals surface area contributed by atoms with Crippen LogP contribution in [-0.4, -0.2) is 20.4 Å². The van der Waals surface area contributed by atoms with E-state index in [9.17, 15) is 13.2 Å². The third-order valence-electron chi connectivity index (χ3n) is 3.05. The summed E-state index contributed by atoms with van der Waals surface area (Å²) in [5.74, 6) is 0.224. The van der Waals surface area contributed by atoms with Gasteiger partial charge in [-0.3, -0.25) is 4.79 Å². The normalized spacial score (nSPS) is 13.2. The Kier molecular flexibility index (Phi) is 6.19. The van der Waals surface area contributed by atoms with E-state index >= 15 is 0 Å². The van der Waals surface area contributed by atoms with E-state index in [-0.39, 0.29) is 27.4 Å². The number of benzene rings is 1. The van der Waals surface area contributed by atoms with Gasteiger partial charge >= 0.3 is 0 Å². The molecule has 1 unspecified atom stereocenters. The van der Waals surface area contributed by atoms with Crippen LogP contribution in [0.5, 0.6) is 0 Å². The van der Waals surface area contributed by atoms with Crippen LogP contribution >= 0.6 is 11.6 Å². The first-order chi connectivity index (χ1) is 9.61. The van der Waals surface area contributed by atoms with Crippen molar-refractivity contribution in [2.75, 3.05) is 0 Å². The predicted octanol–water partition coefficient (Wildman–Crippen LogP) is 2.54. The van der Waals surface area contributed by atoms with Gasteiger partial charge in [0.05, 0.1) is 5.02 Å². The Morgan fingerprint density at radius 2 is 1.90 bits per heavy atom. The Hall–Kier alpha value is -1.11. The number of nitrogens with two attached hydrogens (primary N) is 1. The van der Waals surface area contributed by atoms with E-state index in [0.29, 0.717) is 5.92 Å². The van der Waals surface area contributed by atoms with E-state index in [0.717, 1.165) is 12.8 Å². The topological polar surface area (TPSA) is 89.3 Å². The third kappa shape index (κ3) is 5.65. The van der Waals surface area contributed by atoms with Crippen LogP contribution in [0, 0.1) is 5.92 Å². The summed E-state index contributed by atoms with van der Waals surface area (Å²) in [7, 11) is -3.95. The van der Waals surface area contributed by atoms with Gasteiger partial charge in [0.2, 0.25) is 10.0 Å². The molecule has 1 aromatic rings. The molecule has 0 aromatic heterocycles. The highest BCUT2D eigenvalue weighted by Gasteiger charge is 2.17. The first kappa shape index (κ1) is 17.9. The van der Waals surface area contributed by atoms with Crippen LogP contribution in [-0.2, 0) is 10.0 Å². The van der Waals surface area contributed by atoms with Crippen LogP contribution in [0.25, 0.3) is 0 Å². The zero-order valence-electron chi connectivity index (χ0n) is 12.4. The Morgan fingerprint density at radius 3 is 2.43 bits per heavy atom. The fourth-order valence-electron chi connectivity index (χ4n) is 1.83. The van der Waals surface area contributed by atoms with Crippen LogP contribution in [0.15, 0.2) is 23.1 Å². The van der Waals surface area contributed by atoms with Crippen molar-refractivity contribution in [1.82, 2.24) is 5.32 Å². The molecule has 1 rings (SSSR count). The number of hydrogen-bond donors (Lipinski definition) is 2. The molecule has 5 nitrogen and oxygen atoms in total. The zero-order valence-corrected chi connectivity index (χ0v) is 14.0. The van der Waals surface area contributed by atoms with Crippen molar-refractivity contribution in [3.63, 3.8) is 0 Å². The van der Waals surface area contributed by atoms with Crippen molar-refractivity contribution in [3.8, 4) is 0 Å². The standard InChI is InChI=1S/C14H21ClN2O3S/c1-9(2)4-5-10(3)17-14(18)11-6-7-12(15)13(8-11)21(16,19)20/h6-10H,4-5H2,1-3H3,(H,17,18)(H2,16,19,20). The second kappa shape index (κ2) is 7.24. The summed E-state index contributed by atoms with van der Waals surface area (Å²) < 4.78 is 22.8. The van der Waals surface area contributed by atoms with Gasteiger partial charge in [0.25, 0.3) is 5.91 Å². The van der Waals surface area contributed by atoms with Crippen molar-refractivity contribution >= 4 is 27.5 Å². The second-order valence-electron chi connectivity index (χ2n) is 5.54. The number of carbonyl (C=O) groups is 1. The summed E-state index contributed by atoms with van der Waals surface area (Å²) in [6, 6.07) is 4.03. The van der Waals surface area contributed by atoms with Crippen LogP contribution in [0.1, 0.15) is 44.0 Å². The molecule has 1 aromatic carbocycles. The molecule has 1 atom stereocenters. The molecular formula is C14H21ClN2O3S. The first-order valence-electron chi connectivity index (χ1n) is 6.74. The maximum atomic E-state index is 12.1. The van der Waals surface area contributed by atoms with Gasteiger partial charge in [0.1, 0.15) is 4.90 Å². The fraction of sp³-hybridized carbons (Fsp3) is 0.500. The van der Waals surface area contributed by atoms with Crippen LogP contribution < -0.4 is 10.5 Å². The molecule has 118 valence electrons. The highest BCUT2D eigenvalue weighted by Crippen LogP contribution is 2.21. The van der Waals surface area contributed by atoms with Crippen LogP contribution in [0.4, 0.5) is 0 Å². The van der Waals surface area contributed by atoms with Crippen molar-refractivity contribution in [1.29, 1.82) is 0 Å². The summed E-state index contributed by atoms with van der Waals surface area (Å²) in [4.78, 5) is 11.9. The minimum absolute atomic E-state index is 0.00177. The largest absolute Gasteiger partial charge is 0.350 e. The number of nitrogens with one attached hydrogen (secondary N) is 1. The number of sulfonamides is 1. The number of carbonyl (C=O) groups excluding carboxylic acids is 1. The highest BCUT2D eigenvalue weighted by atomic mass is 35.5. The Balaban J connectivity index is 2.84. The molecule has 0 saturated carbocycles. The summed E-state index contributed by atoms with van der Waals surface area (Å²) in [6.45, 7) is 6.15. The van der Waals surface area contributed by atoms with Gasteiger partial charge in [0, 0.05) is 11.6 Å². The Morgan fingerprint density at radius 1 is 1.29 bits per heavy atom. The monoisotopic (exact) mass is 332 g/mol. The number of rotatable bonds is 6. The average Bonchev–Trinajstić information content (AvgIpc) is 2.35. The molecule has 0 radical (unpaired) electrons. The molecule has 3 N–H and O–H groups in total. The molecule has 0 heterocycles. The number of amides is 1. The summed E-state index contributed by atoms with van der Waals surface area (Å²) in [5, 5.41) is 7.90. The van der Waals surface area contributed by atoms with Crippen molar-refractivity contribution < 1.29 is 13.2 Å². The molecule has 0 aliphatic heterocycles. The van der Waals surface area contributed by atoms with Gasteiger partial charge in [-0.05, 0) is 43.9 Å². The molecule has 7 heteroatoms. The van der Waals surface area contributed by atoms with Crippen LogP contribution in [0.3, 0.4) is 0 Å². The van der Waals surface area contributed by atoms with E-state index < -0.39 is 10.0 Å². The van der Waals surface area contributed by atoms with Gasteiger partial charge in [-0.2, -0.15) is 0 Å². The fourth-order valence-corrected chi connectivity index (χ4v) is 2.90. The SMILES string of the molecule is CC(C)CCC(C)NC(=O)c1ccc(Cl)c(S(N)(=O)=O)c1. The average molecular weight is 333 g/mol. The van der Waals surface area contributed by atoms with Crippen molar-refractivity contribution in [2.24, 2.45) is 11.1 Å². The zero-order chi connectivity index (χ0) is 16.2. The van der Waals surface area contributed by atoms with Crippen LogP contribution in [0.2, 0.25) is 5.02 Å². The summed E-state index contributed by atoms with van der Waals surface area (Å²) in [6.07, 6.45) is 1.86. The summed E-state index contributed by atoms with van der Waals surface area (Å²) >= 11 is 5.78. The van der Waals surface area contributed by atoms with Crippen molar-refractivity contribution in [2.45, 2.75) is 44.6 Å². The van der Waals surface area contributed by atoms with E-state index in [1.54, 1.807) is 0 Å². The van der Waals surface area contributed by atoms with Crippen molar-refractivity contribution in [3.05, 3.63) is 28.8 Å². The van der Waals surface area contributed by atoms with Gasteiger partial charge in [-0.15, -0.1) is 0 Å². The molecule has 0 aliphatic rings. The van der Waals surface area contributed by atoms with E-state index in [1.807, 2.05) is 6.92 Å². The molecule has 1 amide bonds. The molecule has 0 spiro atoms. The summed E-state index contributed by atoms with van der Waals surface area (Å²) in [5.41, 5.74) is 0.222. The first-order valence-corrected chi connectivity index (χ1v) is 8.67. The molecular weight excluding hydrogens is 312 g/mol. The predicted molar refractivity (Wildman–Crippen MR) is 83.8 cm³/mol. The van der Waals surface area contributed by atoms with E-state index in [4.69, 9.17) is 16.7 Å². The van der Waals surface area contributed by atoms with Gasteiger partial charge in [-0.25, -0.2) is 13.6 Å². The van der Waals surface area contributed by atoms with Gasteiger partial charge in [0.15, 0.2) is 0 Å². The minimum atomic E-state index is -3.95. The van der Waals surface area contributed by atoms with E-state index in [1.165, 1.54) is 18.2 Å². The number of halogens is 1. The second-order valence-corrected chi connectivity index (χ2v) is 7.47. The number of primary sulfonamides is 1.